The van der Waals surface area contributed by atoms with Crippen molar-refractivity contribution < 1.29 is 4.79 Å². The number of carbonyl (C=O) groups is 1. The van der Waals surface area contributed by atoms with Crippen LogP contribution in [0.5, 0.6) is 0 Å². The molecule has 0 aromatic carbocycles. The smallest absolute Gasteiger partial charge is 0.272 e. The van der Waals surface area contributed by atoms with E-state index >= 15 is 0 Å². The molecule has 25 heavy (non-hydrogen) atoms. The third kappa shape index (κ3) is 3.08. The average molecular weight is 341 g/mol. The SMILES string of the molecule is Cc1nc(C2CCN(C(=O)c3nc(N)nc4c3CCCC4)CC2)n[nH]1. The number of nitrogens with one attached hydrogen (secondary N) is 1. The molecule has 2 aromatic heterocycles. The average Bonchev–Trinajstić information content (AvgIpc) is 3.07. The first-order chi connectivity index (χ1) is 12.1. The lowest BCUT2D eigenvalue weighted by Crippen LogP contribution is -2.39. The van der Waals surface area contributed by atoms with Gasteiger partial charge in [0, 0.05) is 30.3 Å². The van der Waals surface area contributed by atoms with Crippen molar-refractivity contribution in [2.24, 2.45) is 0 Å². The molecule has 3 N–H and O–H groups in total. The number of anilines is 1. The molecule has 0 unspecified atom stereocenters. The lowest BCUT2D eigenvalue weighted by atomic mass is 9.93. The maximum absolute atomic E-state index is 13.0. The number of H-pyrrole nitrogens is 1. The van der Waals surface area contributed by atoms with Crippen LogP contribution in [0.4, 0.5) is 5.95 Å². The van der Waals surface area contributed by atoms with Crippen LogP contribution in [0, 0.1) is 6.92 Å². The topological polar surface area (TPSA) is 114 Å². The first-order valence-corrected chi connectivity index (χ1v) is 8.95. The third-order valence-electron chi connectivity index (χ3n) is 5.16. The van der Waals surface area contributed by atoms with Crippen LogP contribution in [-0.2, 0) is 12.8 Å². The van der Waals surface area contributed by atoms with Crippen molar-refractivity contribution in [1.82, 2.24) is 30.0 Å². The van der Waals surface area contributed by atoms with Crippen LogP contribution in [0.25, 0.3) is 0 Å². The van der Waals surface area contributed by atoms with E-state index < -0.39 is 0 Å². The molecule has 0 radical (unpaired) electrons. The van der Waals surface area contributed by atoms with Crippen LogP contribution in [0.1, 0.15) is 65.0 Å². The van der Waals surface area contributed by atoms with Crippen molar-refractivity contribution in [3.05, 3.63) is 28.6 Å². The normalized spacial score (nSPS) is 18.2. The summed E-state index contributed by atoms with van der Waals surface area (Å²) >= 11 is 0. The predicted molar refractivity (Wildman–Crippen MR) is 92.1 cm³/mol. The van der Waals surface area contributed by atoms with Crippen LogP contribution in [0.2, 0.25) is 0 Å². The summed E-state index contributed by atoms with van der Waals surface area (Å²) in [5.41, 5.74) is 8.30. The quantitative estimate of drug-likeness (QED) is 0.853. The number of hydrogen-bond donors (Lipinski definition) is 2. The van der Waals surface area contributed by atoms with E-state index in [0.717, 1.165) is 61.4 Å². The summed E-state index contributed by atoms with van der Waals surface area (Å²) in [6.45, 7) is 3.28. The fraction of sp³-hybridized carbons (Fsp3) is 0.588. The monoisotopic (exact) mass is 341 g/mol. The van der Waals surface area contributed by atoms with E-state index in [2.05, 4.69) is 25.1 Å². The number of fused-ring (bicyclic) bond motifs is 1. The standard InChI is InChI=1S/C17H23N7O/c1-10-19-15(23-22-10)11-6-8-24(9-7-11)16(25)14-12-4-2-3-5-13(12)20-17(18)21-14/h11H,2-9H2,1H3,(H2,18,20,21)(H,19,22,23). The fourth-order valence-electron chi connectivity index (χ4n) is 3.82. The van der Waals surface area contributed by atoms with Gasteiger partial charge in [-0.2, -0.15) is 5.10 Å². The van der Waals surface area contributed by atoms with Crippen molar-refractivity contribution in [1.29, 1.82) is 0 Å². The molecule has 1 saturated heterocycles. The minimum atomic E-state index is -0.0168. The van der Waals surface area contributed by atoms with Gasteiger partial charge in [0.05, 0.1) is 0 Å². The number of nitrogens with two attached hydrogens (primary N) is 1. The molecule has 2 aliphatic rings. The van der Waals surface area contributed by atoms with Gasteiger partial charge in [-0.1, -0.05) is 0 Å². The van der Waals surface area contributed by atoms with Gasteiger partial charge in [0.25, 0.3) is 5.91 Å². The van der Waals surface area contributed by atoms with E-state index in [1.54, 1.807) is 0 Å². The summed E-state index contributed by atoms with van der Waals surface area (Å²) in [6.07, 6.45) is 5.65. The number of nitrogens with zero attached hydrogens (tertiary/aromatic N) is 5. The molecule has 2 aromatic rings. The molecule has 1 aliphatic heterocycles. The van der Waals surface area contributed by atoms with Crippen LogP contribution in [0.3, 0.4) is 0 Å². The van der Waals surface area contributed by atoms with Gasteiger partial charge in [-0.3, -0.25) is 9.89 Å². The highest BCUT2D eigenvalue weighted by Gasteiger charge is 2.30. The molecule has 1 aliphatic carbocycles. The molecular formula is C17H23N7O. The number of rotatable bonds is 2. The Balaban J connectivity index is 1.50. The van der Waals surface area contributed by atoms with Gasteiger partial charge in [-0.25, -0.2) is 15.0 Å². The van der Waals surface area contributed by atoms with E-state index in [1.165, 1.54) is 0 Å². The van der Waals surface area contributed by atoms with Gasteiger partial charge in [0.1, 0.15) is 11.5 Å². The number of piperidine rings is 1. The Bertz CT molecular complexity index is 792. The minimum absolute atomic E-state index is 0.0168. The van der Waals surface area contributed by atoms with E-state index in [9.17, 15) is 4.79 Å². The number of likely N-dealkylation sites (tertiary alicyclic amines) is 1. The number of carbonyl (C=O) groups excluding carboxylic acids is 1. The maximum Gasteiger partial charge on any atom is 0.272 e. The Hall–Kier alpha value is -2.51. The first kappa shape index (κ1) is 16.0. The summed E-state index contributed by atoms with van der Waals surface area (Å²) < 4.78 is 0. The van der Waals surface area contributed by atoms with Crippen molar-refractivity contribution in [3.8, 4) is 0 Å². The number of amides is 1. The zero-order valence-corrected chi connectivity index (χ0v) is 14.5. The second kappa shape index (κ2) is 6.42. The third-order valence-corrected chi connectivity index (χ3v) is 5.16. The van der Waals surface area contributed by atoms with Crippen molar-refractivity contribution in [2.45, 2.75) is 51.4 Å². The van der Waals surface area contributed by atoms with Crippen LogP contribution >= 0.6 is 0 Å². The molecule has 1 fully saturated rings. The van der Waals surface area contributed by atoms with Gasteiger partial charge < -0.3 is 10.6 Å². The first-order valence-electron chi connectivity index (χ1n) is 8.95. The lowest BCUT2D eigenvalue weighted by molar-refractivity contribution is 0.0703. The van der Waals surface area contributed by atoms with Gasteiger partial charge in [-0.15, -0.1) is 0 Å². The molecule has 0 spiro atoms. The zero-order chi connectivity index (χ0) is 17.4. The fourth-order valence-corrected chi connectivity index (χ4v) is 3.82. The summed E-state index contributed by atoms with van der Waals surface area (Å²) in [5.74, 6) is 2.18. The number of aromatic amines is 1. The molecule has 8 heteroatoms. The molecular weight excluding hydrogens is 318 g/mol. The highest BCUT2D eigenvalue weighted by Crippen LogP contribution is 2.28. The zero-order valence-electron chi connectivity index (χ0n) is 14.5. The minimum Gasteiger partial charge on any atom is -0.368 e. The van der Waals surface area contributed by atoms with Crippen molar-refractivity contribution >= 4 is 11.9 Å². The summed E-state index contributed by atoms with van der Waals surface area (Å²) in [7, 11) is 0. The number of hydrogen-bond acceptors (Lipinski definition) is 6. The van der Waals surface area contributed by atoms with Gasteiger partial charge in [0.15, 0.2) is 5.82 Å². The number of nitrogen functional groups attached to an aromatic ring is 1. The molecule has 0 saturated carbocycles. The molecule has 3 heterocycles. The van der Waals surface area contributed by atoms with Crippen LogP contribution in [0.15, 0.2) is 0 Å². The molecule has 1 amide bonds. The lowest BCUT2D eigenvalue weighted by Gasteiger charge is -2.31. The molecule has 0 atom stereocenters. The number of aryl methyl sites for hydroxylation is 2. The van der Waals surface area contributed by atoms with Gasteiger partial charge >= 0.3 is 0 Å². The molecule has 8 nitrogen and oxygen atoms in total. The van der Waals surface area contributed by atoms with Gasteiger partial charge in [0.2, 0.25) is 5.95 Å². The van der Waals surface area contributed by atoms with Crippen molar-refractivity contribution in [2.75, 3.05) is 18.8 Å². The molecule has 0 bridgehead atoms. The van der Waals surface area contributed by atoms with Crippen LogP contribution < -0.4 is 5.73 Å². The Morgan fingerprint density at radius 2 is 1.92 bits per heavy atom. The number of aromatic nitrogens is 5. The Labute approximate surface area is 146 Å². The second-order valence-corrected chi connectivity index (χ2v) is 6.91. The Morgan fingerprint density at radius 1 is 1.16 bits per heavy atom. The predicted octanol–water partition coefficient (Wildman–Crippen LogP) is 1.38. The highest BCUT2D eigenvalue weighted by atomic mass is 16.2. The molecule has 4 rings (SSSR count). The van der Waals surface area contributed by atoms with E-state index in [-0.39, 0.29) is 11.9 Å². The van der Waals surface area contributed by atoms with E-state index in [1.807, 2.05) is 11.8 Å². The summed E-state index contributed by atoms with van der Waals surface area (Å²) in [6, 6.07) is 0. The Morgan fingerprint density at radius 3 is 2.64 bits per heavy atom. The van der Waals surface area contributed by atoms with E-state index in [0.29, 0.717) is 24.7 Å². The highest BCUT2D eigenvalue weighted by molar-refractivity contribution is 5.94. The molecule has 132 valence electrons. The summed E-state index contributed by atoms with van der Waals surface area (Å²) in [4.78, 5) is 27.9. The second-order valence-electron chi connectivity index (χ2n) is 6.91. The van der Waals surface area contributed by atoms with Gasteiger partial charge in [-0.05, 0) is 45.4 Å². The maximum atomic E-state index is 13.0. The van der Waals surface area contributed by atoms with Crippen molar-refractivity contribution in [3.63, 3.8) is 0 Å². The largest absolute Gasteiger partial charge is 0.368 e. The Kier molecular flexibility index (Phi) is 4.10. The summed E-state index contributed by atoms with van der Waals surface area (Å²) in [5, 5.41) is 7.15. The van der Waals surface area contributed by atoms with Crippen LogP contribution in [-0.4, -0.2) is 49.0 Å². The van der Waals surface area contributed by atoms with E-state index in [4.69, 9.17) is 5.73 Å².